The highest BCUT2D eigenvalue weighted by Crippen LogP contribution is 2.29. The van der Waals surface area contributed by atoms with Gasteiger partial charge in [0.05, 0.1) is 0 Å². The van der Waals surface area contributed by atoms with Crippen LogP contribution in [0, 0.1) is 23.7 Å². The first-order chi connectivity index (χ1) is 20.4. The van der Waals surface area contributed by atoms with Crippen LogP contribution in [0.3, 0.4) is 0 Å². The second kappa shape index (κ2) is 14.7. The Balaban J connectivity index is 0.000000215. The largest absolute Gasteiger partial charge is 0.378 e. The Morgan fingerprint density at radius 3 is 1.95 bits per heavy atom. The van der Waals surface area contributed by atoms with Crippen LogP contribution in [0.4, 0.5) is 0 Å². The van der Waals surface area contributed by atoms with E-state index in [0.29, 0.717) is 46.6 Å². The summed E-state index contributed by atoms with van der Waals surface area (Å²) in [5, 5.41) is 25.9. The number of benzene rings is 2. The molecule has 9 heteroatoms. The normalized spacial score (nSPS) is 24.7. The van der Waals surface area contributed by atoms with Gasteiger partial charge in [0.25, 0.3) is 5.91 Å². The molecule has 1 heterocycles. The molecule has 5 rings (SSSR count). The predicted octanol–water partition coefficient (Wildman–Crippen LogP) is 6.11. The molecule has 0 bridgehead atoms. The SMILES string of the molecule is Cn1c(Cl)ccc1C(=O)N[C@H]1CCC[C@@](O)(C#Cc2cccc(Cl)c2)C1.N[C@@H]1CCC[C@](O)(C#Cc2cccc(Cl)c2)C1. The molecule has 2 aliphatic carbocycles. The maximum absolute atomic E-state index is 12.5. The van der Waals surface area contributed by atoms with Crippen LogP contribution in [0.5, 0.6) is 0 Å². The summed E-state index contributed by atoms with van der Waals surface area (Å²) < 4.78 is 1.63. The van der Waals surface area contributed by atoms with Crippen LogP contribution in [0.2, 0.25) is 15.2 Å². The monoisotopic (exact) mass is 639 g/mol. The van der Waals surface area contributed by atoms with Crippen molar-refractivity contribution in [3.8, 4) is 23.7 Å². The minimum Gasteiger partial charge on any atom is -0.378 e. The fourth-order valence-corrected chi connectivity index (χ4v) is 5.92. The second-order valence-electron chi connectivity index (χ2n) is 11.3. The zero-order chi connectivity index (χ0) is 31.0. The van der Waals surface area contributed by atoms with Crippen LogP contribution in [0.15, 0.2) is 60.7 Å². The van der Waals surface area contributed by atoms with E-state index < -0.39 is 11.2 Å². The molecule has 226 valence electrons. The lowest BCUT2D eigenvalue weighted by molar-refractivity contribution is 0.0450. The van der Waals surface area contributed by atoms with Gasteiger partial charge in [0.15, 0.2) is 0 Å². The number of carbonyl (C=O) groups is 1. The van der Waals surface area contributed by atoms with Gasteiger partial charge in [0, 0.05) is 53.1 Å². The molecule has 0 spiro atoms. The third kappa shape index (κ3) is 9.78. The van der Waals surface area contributed by atoms with E-state index in [1.165, 1.54) is 0 Å². The minimum atomic E-state index is -1.12. The first kappa shape index (κ1) is 33.0. The number of rotatable bonds is 2. The molecule has 1 aromatic heterocycles. The fourth-order valence-electron chi connectivity index (χ4n) is 5.38. The Kier molecular flexibility index (Phi) is 11.3. The number of aromatic nitrogens is 1. The fraction of sp³-hybridized carbons (Fsp3) is 0.382. The van der Waals surface area contributed by atoms with E-state index in [-0.39, 0.29) is 18.0 Å². The molecule has 5 N–H and O–H groups in total. The Morgan fingerprint density at radius 2 is 1.44 bits per heavy atom. The van der Waals surface area contributed by atoms with Gasteiger partial charge in [0.1, 0.15) is 22.0 Å². The van der Waals surface area contributed by atoms with E-state index in [9.17, 15) is 15.0 Å². The molecule has 2 aliphatic rings. The summed E-state index contributed by atoms with van der Waals surface area (Å²) in [6, 6.07) is 17.8. The Bertz CT molecular complexity index is 1570. The predicted molar refractivity (Wildman–Crippen MR) is 173 cm³/mol. The number of hydrogen-bond acceptors (Lipinski definition) is 4. The van der Waals surface area contributed by atoms with Crippen LogP contribution in [0.25, 0.3) is 0 Å². The standard InChI is InChI=1S/C20H20Cl2N2O2.C14H16ClNO/c1-24-17(7-8-18(24)22)19(25)23-16-6-3-10-20(26,13-16)11-9-14-4-2-5-15(21)12-14;15-12-4-1-3-11(9-12)6-8-14(17)7-2-5-13(16)10-14/h2,4-5,7-8,12,16,26H,3,6,10,13H2,1H3,(H,23,25);1,3-4,9,13,17H,2,5,7,10,16H2/t16-,20+;13-,14+/m01/s1. The highest BCUT2D eigenvalue weighted by atomic mass is 35.5. The van der Waals surface area contributed by atoms with Crippen LogP contribution in [-0.2, 0) is 7.05 Å². The van der Waals surface area contributed by atoms with Gasteiger partial charge in [-0.05, 0) is 87.1 Å². The van der Waals surface area contributed by atoms with Crippen molar-refractivity contribution in [3.63, 3.8) is 0 Å². The van der Waals surface area contributed by atoms with E-state index in [4.69, 9.17) is 40.5 Å². The summed E-state index contributed by atoms with van der Waals surface area (Å²) in [5.74, 6) is 11.7. The highest BCUT2D eigenvalue weighted by Gasteiger charge is 2.34. The molecule has 6 nitrogen and oxygen atoms in total. The zero-order valence-corrected chi connectivity index (χ0v) is 26.3. The highest BCUT2D eigenvalue weighted by molar-refractivity contribution is 6.31. The van der Waals surface area contributed by atoms with Gasteiger partial charge < -0.3 is 25.8 Å². The van der Waals surface area contributed by atoms with E-state index in [2.05, 4.69) is 29.0 Å². The number of nitrogens with one attached hydrogen (secondary N) is 1. The molecular weight excluding hydrogens is 605 g/mol. The van der Waals surface area contributed by atoms with Crippen LogP contribution >= 0.6 is 34.8 Å². The van der Waals surface area contributed by atoms with Gasteiger partial charge in [-0.2, -0.15) is 0 Å². The Labute approximate surface area is 268 Å². The summed E-state index contributed by atoms with van der Waals surface area (Å²) in [7, 11) is 1.74. The number of carbonyl (C=O) groups excluding carboxylic acids is 1. The number of amides is 1. The second-order valence-corrected chi connectivity index (χ2v) is 12.6. The van der Waals surface area contributed by atoms with Crippen molar-refractivity contribution in [2.75, 3.05) is 0 Å². The summed E-state index contributed by atoms with van der Waals surface area (Å²) >= 11 is 17.8. The molecule has 2 saturated carbocycles. The molecule has 2 fully saturated rings. The number of hydrogen-bond donors (Lipinski definition) is 4. The van der Waals surface area contributed by atoms with E-state index >= 15 is 0 Å². The minimum absolute atomic E-state index is 0.0578. The topological polar surface area (TPSA) is 101 Å². The van der Waals surface area contributed by atoms with Gasteiger partial charge in [-0.15, -0.1) is 0 Å². The lowest BCUT2D eigenvalue weighted by atomic mass is 9.82. The average Bonchev–Trinajstić information content (AvgIpc) is 3.29. The maximum atomic E-state index is 12.5. The third-order valence-corrected chi connectivity index (χ3v) is 8.50. The average molecular weight is 641 g/mol. The van der Waals surface area contributed by atoms with E-state index in [1.54, 1.807) is 48.0 Å². The van der Waals surface area contributed by atoms with Crippen molar-refractivity contribution in [1.82, 2.24) is 9.88 Å². The van der Waals surface area contributed by atoms with Gasteiger partial charge in [-0.1, -0.05) is 70.6 Å². The maximum Gasteiger partial charge on any atom is 0.268 e. The van der Waals surface area contributed by atoms with Crippen molar-refractivity contribution in [1.29, 1.82) is 0 Å². The lowest BCUT2D eigenvalue weighted by Gasteiger charge is -2.33. The molecule has 2 aromatic carbocycles. The Hall–Kier alpha value is -2.94. The molecular formula is C34H36Cl3N3O3. The number of nitrogens with zero attached hydrogens (tertiary/aromatic N) is 1. The number of nitrogens with two attached hydrogens (primary N) is 1. The number of aliphatic hydroxyl groups is 2. The molecule has 0 saturated heterocycles. The Morgan fingerprint density at radius 1 is 0.884 bits per heavy atom. The number of halogens is 3. The summed E-state index contributed by atoms with van der Waals surface area (Å²) in [6.07, 6.45) is 5.75. The van der Waals surface area contributed by atoms with Gasteiger partial charge in [-0.25, -0.2) is 0 Å². The first-order valence-corrected chi connectivity index (χ1v) is 15.5. The van der Waals surface area contributed by atoms with Gasteiger partial charge in [-0.3, -0.25) is 4.79 Å². The molecule has 1 amide bonds. The van der Waals surface area contributed by atoms with Crippen molar-refractivity contribution >= 4 is 40.7 Å². The first-order valence-electron chi connectivity index (χ1n) is 14.3. The summed E-state index contributed by atoms with van der Waals surface area (Å²) in [5.41, 5.74) is 5.88. The lowest BCUT2D eigenvalue weighted by Crippen LogP contribution is -2.45. The van der Waals surface area contributed by atoms with Crippen molar-refractivity contribution in [2.24, 2.45) is 12.8 Å². The molecule has 43 heavy (non-hydrogen) atoms. The van der Waals surface area contributed by atoms with Gasteiger partial charge >= 0.3 is 0 Å². The summed E-state index contributed by atoms with van der Waals surface area (Å²) in [6.45, 7) is 0. The molecule has 0 unspecified atom stereocenters. The van der Waals surface area contributed by atoms with Crippen LogP contribution < -0.4 is 11.1 Å². The molecule has 0 aliphatic heterocycles. The van der Waals surface area contributed by atoms with Crippen molar-refractivity contribution in [3.05, 3.63) is 92.7 Å². The van der Waals surface area contributed by atoms with Crippen molar-refractivity contribution < 1.29 is 15.0 Å². The van der Waals surface area contributed by atoms with E-state index in [1.807, 2.05) is 24.3 Å². The van der Waals surface area contributed by atoms with Gasteiger partial charge in [0.2, 0.25) is 0 Å². The summed E-state index contributed by atoms with van der Waals surface area (Å²) in [4.78, 5) is 12.5. The van der Waals surface area contributed by atoms with E-state index in [0.717, 1.165) is 36.8 Å². The smallest absolute Gasteiger partial charge is 0.268 e. The van der Waals surface area contributed by atoms with Crippen LogP contribution in [0.1, 0.15) is 73.0 Å². The van der Waals surface area contributed by atoms with Crippen molar-refractivity contribution in [2.45, 2.75) is 74.7 Å². The molecule has 0 radical (unpaired) electrons. The molecule has 4 atom stereocenters. The third-order valence-electron chi connectivity index (χ3n) is 7.65. The van der Waals surface area contributed by atoms with Crippen LogP contribution in [-0.4, -0.2) is 44.0 Å². The molecule has 3 aromatic rings. The zero-order valence-electron chi connectivity index (χ0n) is 24.0. The quantitative estimate of drug-likeness (QED) is 0.254.